The summed E-state index contributed by atoms with van der Waals surface area (Å²) in [5, 5.41) is 0. The lowest BCUT2D eigenvalue weighted by Crippen LogP contribution is -2.28. The fourth-order valence-corrected chi connectivity index (χ4v) is 5.21. The zero-order chi connectivity index (χ0) is 21.6. The summed E-state index contributed by atoms with van der Waals surface area (Å²) in [5.41, 5.74) is 5.61. The van der Waals surface area contributed by atoms with Crippen LogP contribution in [0.3, 0.4) is 0 Å². The molecule has 31 heavy (non-hydrogen) atoms. The van der Waals surface area contributed by atoms with E-state index in [0.717, 1.165) is 37.9 Å². The van der Waals surface area contributed by atoms with Crippen LogP contribution in [0.4, 0.5) is 13.2 Å². The summed E-state index contributed by atoms with van der Waals surface area (Å²) in [6, 6.07) is 31.4. The van der Waals surface area contributed by atoms with Crippen LogP contribution in [0.5, 0.6) is 0 Å². The predicted octanol–water partition coefficient (Wildman–Crippen LogP) is 7.92. The Morgan fingerprint density at radius 1 is 0.645 bits per heavy atom. The summed E-state index contributed by atoms with van der Waals surface area (Å²) in [4.78, 5) is 0. The highest BCUT2D eigenvalue weighted by Gasteiger charge is 2.46. The van der Waals surface area contributed by atoms with Gasteiger partial charge in [-0.1, -0.05) is 101 Å². The first-order valence-electron chi connectivity index (χ1n) is 10.0. The molecule has 0 atom stereocenters. The number of hydrogen-bond acceptors (Lipinski definition) is 0. The minimum absolute atomic E-state index is 0.273. The molecule has 0 saturated heterocycles. The molecule has 0 unspecified atom stereocenters. The van der Waals surface area contributed by atoms with Gasteiger partial charge in [-0.3, -0.25) is 0 Å². The third-order valence-electron chi connectivity index (χ3n) is 5.98. The van der Waals surface area contributed by atoms with Crippen LogP contribution >= 0.6 is 15.9 Å². The van der Waals surface area contributed by atoms with E-state index >= 15 is 0 Å². The second kappa shape index (κ2) is 7.38. The van der Waals surface area contributed by atoms with E-state index in [4.69, 9.17) is 0 Å². The Morgan fingerprint density at radius 3 is 1.71 bits per heavy atom. The van der Waals surface area contributed by atoms with Gasteiger partial charge >= 0.3 is 6.18 Å². The van der Waals surface area contributed by atoms with E-state index < -0.39 is 18.0 Å². The highest BCUT2D eigenvalue weighted by Crippen LogP contribution is 2.56. The quantitative estimate of drug-likeness (QED) is 0.247. The van der Waals surface area contributed by atoms with E-state index in [-0.39, 0.29) is 5.56 Å². The fraction of sp³-hybridized carbons (Fsp3) is 0.111. The van der Waals surface area contributed by atoms with Crippen LogP contribution < -0.4 is 0 Å². The first-order chi connectivity index (χ1) is 14.9. The standard InChI is InChI=1S/C27H18BrF3/c28-21-12-14-23-22-13-11-18(17-26(29,30)31)15-24(22)27(25(23)16-21,19-7-3-1-4-8-19)20-9-5-2-6-10-20/h1-16H,17H2. The van der Waals surface area contributed by atoms with E-state index in [0.29, 0.717) is 0 Å². The summed E-state index contributed by atoms with van der Waals surface area (Å²) < 4.78 is 40.7. The maximum atomic E-state index is 13.2. The van der Waals surface area contributed by atoms with Crippen molar-refractivity contribution in [3.05, 3.63) is 129 Å². The van der Waals surface area contributed by atoms with E-state index in [2.05, 4.69) is 52.3 Å². The molecule has 4 heteroatoms. The molecule has 1 aliphatic rings. The van der Waals surface area contributed by atoms with Crippen molar-refractivity contribution < 1.29 is 13.2 Å². The van der Waals surface area contributed by atoms with Crippen molar-refractivity contribution in [3.63, 3.8) is 0 Å². The van der Waals surface area contributed by atoms with Crippen LogP contribution in [0.2, 0.25) is 0 Å². The molecule has 154 valence electrons. The SMILES string of the molecule is FC(F)(F)Cc1ccc2c(c1)C(c1ccccc1)(c1ccccc1)c1cc(Br)ccc1-2. The molecule has 0 radical (unpaired) electrons. The van der Waals surface area contributed by atoms with Crippen LogP contribution in [0.1, 0.15) is 27.8 Å². The third kappa shape index (κ3) is 3.30. The van der Waals surface area contributed by atoms with Crippen molar-refractivity contribution in [1.82, 2.24) is 0 Å². The van der Waals surface area contributed by atoms with Gasteiger partial charge in [-0.05, 0) is 51.1 Å². The van der Waals surface area contributed by atoms with Crippen LogP contribution in [-0.4, -0.2) is 6.18 Å². The number of fused-ring (bicyclic) bond motifs is 3. The molecule has 0 N–H and O–H groups in total. The lowest BCUT2D eigenvalue weighted by atomic mass is 9.67. The lowest BCUT2D eigenvalue weighted by molar-refractivity contribution is -0.127. The van der Waals surface area contributed by atoms with Crippen molar-refractivity contribution in [2.24, 2.45) is 0 Å². The van der Waals surface area contributed by atoms with Gasteiger partial charge in [0, 0.05) is 4.47 Å². The summed E-state index contributed by atoms with van der Waals surface area (Å²) in [6.45, 7) is 0. The number of halogens is 4. The Hall–Kier alpha value is -2.85. The molecule has 0 aliphatic heterocycles. The van der Waals surface area contributed by atoms with Crippen LogP contribution in [0.25, 0.3) is 11.1 Å². The van der Waals surface area contributed by atoms with Crippen molar-refractivity contribution in [2.45, 2.75) is 18.0 Å². The molecular weight excluding hydrogens is 461 g/mol. The molecule has 0 spiro atoms. The molecule has 0 nitrogen and oxygen atoms in total. The highest BCUT2D eigenvalue weighted by atomic mass is 79.9. The number of alkyl halides is 3. The van der Waals surface area contributed by atoms with Gasteiger partial charge < -0.3 is 0 Å². The lowest BCUT2D eigenvalue weighted by Gasteiger charge is -2.34. The maximum Gasteiger partial charge on any atom is 0.393 e. The largest absolute Gasteiger partial charge is 0.393 e. The molecule has 5 rings (SSSR count). The average molecular weight is 479 g/mol. The van der Waals surface area contributed by atoms with Gasteiger partial charge in [-0.25, -0.2) is 0 Å². The van der Waals surface area contributed by atoms with E-state index in [1.807, 2.05) is 48.5 Å². The van der Waals surface area contributed by atoms with Crippen LogP contribution in [0, 0.1) is 0 Å². The van der Waals surface area contributed by atoms with Gasteiger partial charge in [-0.2, -0.15) is 13.2 Å². The second-order valence-electron chi connectivity index (χ2n) is 7.84. The van der Waals surface area contributed by atoms with Crippen molar-refractivity contribution in [1.29, 1.82) is 0 Å². The van der Waals surface area contributed by atoms with Crippen molar-refractivity contribution in [2.75, 3.05) is 0 Å². The third-order valence-corrected chi connectivity index (χ3v) is 6.48. The molecule has 4 aromatic rings. The summed E-state index contributed by atoms with van der Waals surface area (Å²) in [6.07, 6.45) is -5.20. The minimum atomic E-state index is -4.26. The molecule has 0 heterocycles. The molecule has 0 amide bonds. The van der Waals surface area contributed by atoms with Gasteiger partial charge in [0.15, 0.2) is 0 Å². The maximum absolute atomic E-state index is 13.2. The van der Waals surface area contributed by atoms with E-state index in [1.54, 1.807) is 12.1 Å². The molecule has 0 aromatic heterocycles. The molecule has 1 aliphatic carbocycles. The van der Waals surface area contributed by atoms with Crippen LogP contribution in [0.15, 0.2) is 102 Å². The Kier molecular flexibility index (Phi) is 4.78. The Labute approximate surface area is 187 Å². The van der Waals surface area contributed by atoms with Crippen molar-refractivity contribution >= 4 is 15.9 Å². The zero-order valence-corrected chi connectivity index (χ0v) is 18.0. The summed E-state index contributed by atoms with van der Waals surface area (Å²) in [7, 11) is 0. The van der Waals surface area contributed by atoms with E-state index in [9.17, 15) is 13.2 Å². The Bertz CT molecular complexity index is 1210. The molecular formula is C27H18BrF3. The molecule has 0 fully saturated rings. The normalized spacial score (nSPS) is 14.2. The van der Waals surface area contributed by atoms with Crippen molar-refractivity contribution in [3.8, 4) is 11.1 Å². The molecule has 0 bridgehead atoms. The molecule has 4 aromatic carbocycles. The Balaban J connectivity index is 1.90. The Morgan fingerprint density at radius 2 is 1.16 bits per heavy atom. The highest BCUT2D eigenvalue weighted by molar-refractivity contribution is 9.10. The average Bonchev–Trinajstić information content (AvgIpc) is 3.03. The van der Waals surface area contributed by atoms with Gasteiger partial charge in [-0.15, -0.1) is 0 Å². The van der Waals surface area contributed by atoms with Gasteiger partial charge in [0.1, 0.15) is 0 Å². The second-order valence-corrected chi connectivity index (χ2v) is 8.76. The van der Waals surface area contributed by atoms with Gasteiger partial charge in [0.2, 0.25) is 0 Å². The monoisotopic (exact) mass is 478 g/mol. The number of benzene rings is 4. The summed E-state index contributed by atoms with van der Waals surface area (Å²) in [5.74, 6) is 0. The van der Waals surface area contributed by atoms with E-state index in [1.165, 1.54) is 0 Å². The van der Waals surface area contributed by atoms with Gasteiger partial charge in [0.05, 0.1) is 11.8 Å². The summed E-state index contributed by atoms with van der Waals surface area (Å²) >= 11 is 3.61. The number of hydrogen-bond donors (Lipinski definition) is 0. The first-order valence-corrected chi connectivity index (χ1v) is 10.8. The minimum Gasteiger partial charge on any atom is -0.171 e. The smallest absolute Gasteiger partial charge is 0.171 e. The topological polar surface area (TPSA) is 0 Å². The van der Waals surface area contributed by atoms with Gasteiger partial charge in [0.25, 0.3) is 0 Å². The fourth-order valence-electron chi connectivity index (χ4n) is 4.85. The number of rotatable bonds is 3. The zero-order valence-electron chi connectivity index (χ0n) is 16.5. The van der Waals surface area contributed by atoms with Crippen LogP contribution in [-0.2, 0) is 11.8 Å². The predicted molar refractivity (Wildman–Crippen MR) is 121 cm³/mol. The first kappa shape index (κ1) is 20.1. The molecule has 0 saturated carbocycles.